The summed E-state index contributed by atoms with van der Waals surface area (Å²) in [5.74, 6) is -0.0968. The SMILES string of the molecule is Cn1cc2ccc(NC(=O)[C@@H]3C[C@H](O)CCN3Cc3cn(C)c4ccc(Br)cc34)cc2n1. The number of nitrogens with one attached hydrogen (secondary N) is 1. The largest absolute Gasteiger partial charge is 0.393 e. The van der Waals surface area contributed by atoms with Crippen LogP contribution in [0, 0.1) is 0 Å². The summed E-state index contributed by atoms with van der Waals surface area (Å²) >= 11 is 3.57. The number of nitrogens with zero attached hydrogens (tertiary/aromatic N) is 4. The minimum Gasteiger partial charge on any atom is -0.393 e. The van der Waals surface area contributed by atoms with E-state index in [-0.39, 0.29) is 5.91 Å². The van der Waals surface area contributed by atoms with Crippen molar-refractivity contribution >= 4 is 49.3 Å². The predicted octanol–water partition coefficient (Wildman–Crippen LogP) is 3.79. The first kappa shape index (κ1) is 21.2. The quantitative estimate of drug-likeness (QED) is 0.451. The molecule has 2 aromatic heterocycles. The highest BCUT2D eigenvalue weighted by Gasteiger charge is 2.33. The van der Waals surface area contributed by atoms with Crippen LogP contribution in [0.4, 0.5) is 5.69 Å². The van der Waals surface area contributed by atoms with Crippen LogP contribution < -0.4 is 5.32 Å². The fourth-order valence-corrected chi connectivity index (χ4v) is 5.05. The number of amides is 1. The topological polar surface area (TPSA) is 75.3 Å². The number of hydrogen-bond donors (Lipinski definition) is 2. The van der Waals surface area contributed by atoms with E-state index in [1.807, 2.05) is 44.6 Å². The van der Waals surface area contributed by atoms with E-state index in [4.69, 9.17) is 0 Å². The van der Waals surface area contributed by atoms with Gasteiger partial charge in [-0.15, -0.1) is 0 Å². The van der Waals surface area contributed by atoms with Crippen LogP contribution >= 0.6 is 15.9 Å². The maximum Gasteiger partial charge on any atom is 0.241 e. The molecule has 1 fully saturated rings. The van der Waals surface area contributed by atoms with E-state index in [0.29, 0.717) is 25.9 Å². The summed E-state index contributed by atoms with van der Waals surface area (Å²) in [4.78, 5) is 15.5. The fourth-order valence-electron chi connectivity index (χ4n) is 4.69. The molecular weight excluding hydrogens is 470 g/mol. The normalized spacial score (nSPS) is 19.6. The zero-order valence-electron chi connectivity index (χ0n) is 18.1. The van der Waals surface area contributed by atoms with Gasteiger partial charge in [0.2, 0.25) is 5.91 Å². The standard InChI is InChI=1S/C24H26BrN5O2/c1-28-12-16(20-9-17(25)4-6-22(20)28)14-30-8-7-19(31)11-23(30)24(32)26-18-5-3-15-13-29(2)27-21(15)10-18/h3-6,9-10,12-13,19,23,31H,7-8,11,14H2,1-2H3,(H,26,32)/t19-,23+/m1/s1. The number of aryl methyl sites for hydroxylation is 2. The third-order valence-electron chi connectivity index (χ3n) is 6.29. The van der Waals surface area contributed by atoms with Gasteiger partial charge in [0.15, 0.2) is 0 Å². The molecule has 1 saturated heterocycles. The molecule has 0 unspecified atom stereocenters. The van der Waals surface area contributed by atoms with Gasteiger partial charge in [0.1, 0.15) is 0 Å². The van der Waals surface area contributed by atoms with E-state index in [1.54, 1.807) is 4.68 Å². The van der Waals surface area contributed by atoms with Crippen molar-refractivity contribution in [1.82, 2.24) is 19.2 Å². The second-order valence-corrected chi connectivity index (χ2v) is 9.57. The molecule has 0 radical (unpaired) electrons. The average molecular weight is 496 g/mol. The zero-order valence-corrected chi connectivity index (χ0v) is 19.7. The third kappa shape index (κ3) is 4.05. The summed E-state index contributed by atoms with van der Waals surface area (Å²) in [5, 5.41) is 20.0. The molecule has 32 heavy (non-hydrogen) atoms. The van der Waals surface area contributed by atoms with Gasteiger partial charge in [-0.05, 0) is 54.8 Å². The van der Waals surface area contributed by atoms with Gasteiger partial charge in [-0.1, -0.05) is 15.9 Å². The molecule has 2 aromatic carbocycles. The number of aromatic nitrogens is 3. The van der Waals surface area contributed by atoms with Crippen molar-refractivity contribution in [3.05, 3.63) is 58.8 Å². The molecule has 166 valence electrons. The van der Waals surface area contributed by atoms with Crippen LogP contribution in [0.2, 0.25) is 0 Å². The molecule has 8 heteroatoms. The van der Waals surface area contributed by atoms with Gasteiger partial charge in [-0.2, -0.15) is 5.10 Å². The molecule has 3 heterocycles. The highest BCUT2D eigenvalue weighted by Crippen LogP contribution is 2.28. The highest BCUT2D eigenvalue weighted by molar-refractivity contribution is 9.10. The van der Waals surface area contributed by atoms with Crippen molar-refractivity contribution in [2.24, 2.45) is 14.1 Å². The first-order chi connectivity index (χ1) is 15.4. The molecule has 2 atom stereocenters. The molecule has 0 bridgehead atoms. The van der Waals surface area contributed by atoms with Crippen molar-refractivity contribution in [2.45, 2.75) is 31.5 Å². The lowest BCUT2D eigenvalue weighted by Crippen LogP contribution is -2.50. The number of benzene rings is 2. The van der Waals surface area contributed by atoms with Crippen LogP contribution in [-0.4, -0.2) is 49.0 Å². The maximum absolute atomic E-state index is 13.3. The molecule has 5 rings (SSSR count). The van der Waals surface area contributed by atoms with Crippen molar-refractivity contribution in [3.8, 4) is 0 Å². The van der Waals surface area contributed by atoms with Crippen LogP contribution in [0.15, 0.2) is 53.3 Å². The highest BCUT2D eigenvalue weighted by atomic mass is 79.9. The monoisotopic (exact) mass is 495 g/mol. The molecule has 0 saturated carbocycles. The van der Waals surface area contributed by atoms with E-state index in [0.717, 1.165) is 26.6 Å². The van der Waals surface area contributed by atoms with Gasteiger partial charge in [0, 0.05) is 66.0 Å². The molecule has 4 aromatic rings. The minimum absolute atomic E-state index is 0.0968. The van der Waals surface area contributed by atoms with E-state index in [9.17, 15) is 9.90 Å². The molecule has 0 aliphatic carbocycles. The number of aliphatic hydroxyl groups excluding tert-OH is 1. The number of anilines is 1. The van der Waals surface area contributed by atoms with Gasteiger partial charge in [-0.25, -0.2) is 0 Å². The number of halogens is 1. The van der Waals surface area contributed by atoms with Crippen LogP contribution in [0.25, 0.3) is 21.8 Å². The summed E-state index contributed by atoms with van der Waals surface area (Å²) in [6.45, 7) is 1.32. The molecule has 0 spiro atoms. The minimum atomic E-state index is -0.470. The summed E-state index contributed by atoms with van der Waals surface area (Å²) in [7, 11) is 3.92. The molecule has 7 nitrogen and oxygen atoms in total. The number of carbonyl (C=O) groups excluding carboxylic acids is 1. The first-order valence-corrected chi connectivity index (χ1v) is 11.6. The number of carbonyl (C=O) groups is 1. The second kappa shape index (κ2) is 8.35. The zero-order chi connectivity index (χ0) is 22.4. The Morgan fingerprint density at radius 1 is 1.22 bits per heavy atom. The third-order valence-corrected chi connectivity index (χ3v) is 6.78. The lowest BCUT2D eigenvalue weighted by atomic mass is 9.97. The smallest absolute Gasteiger partial charge is 0.241 e. The lowest BCUT2D eigenvalue weighted by molar-refractivity contribution is -0.124. The number of fused-ring (bicyclic) bond motifs is 2. The molecule has 2 N–H and O–H groups in total. The Morgan fingerprint density at radius 3 is 2.91 bits per heavy atom. The molecular formula is C24H26BrN5O2. The Morgan fingerprint density at radius 2 is 2.06 bits per heavy atom. The Labute approximate surface area is 194 Å². The maximum atomic E-state index is 13.3. The average Bonchev–Trinajstić information content (AvgIpc) is 3.27. The fraction of sp³-hybridized carbons (Fsp3) is 0.333. The summed E-state index contributed by atoms with van der Waals surface area (Å²) < 4.78 is 4.91. The van der Waals surface area contributed by atoms with Crippen LogP contribution in [0.1, 0.15) is 18.4 Å². The Kier molecular flexibility index (Phi) is 5.53. The number of aliphatic hydroxyl groups is 1. The van der Waals surface area contributed by atoms with Crippen LogP contribution in [0.5, 0.6) is 0 Å². The van der Waals surface area contributed by atoms with E-state index in [1.165, 1.54) is 10.9 Å². The first-order valence-electron chi connectivity index (χ1n) is 10.8. The Hall–Kier alpha value is -2.68. The van der Waals surface area contributed by atoms with Crippen molar-refractivity contribution < 1.29 is 9.90 Å². The lowest BCUT2D eigenvalue weighted by Gasteiger charge is -2.36. The second-order valence-electron chi connectivity index (χ2n) is 8.66. The van der Waals surface area contributed by atoms with Gasteiger partial charge < -0.3 is 15.0 Å². The van der Waals surface area contributed by atoms with Crippen molar-refractivity contribution in [3.63, 3.8) is 0 Å². The summed E-state index contributed by atoms with van der Waals surface area (Å²) in [6, 6.07) is 11.6. The van der Waals surface area contributed by atoms with E-state index in [2.05, 4.69) is 54.1 Å². The van der Waals surface area contributed by atoms with Crippen molar-refractivity contribution in [2.75, 3.05) is 11.9 Å². The van der Waals surface area contributed by atoms with Gasteiger partial charge >= 0.3 is 0 Å². The summed E-state index contributed by atoms with van der Waals surface area (Å²) in [5.41, 5.74) is 3.89. The van der Waals surface area contributed by atoms with Crippen LogP contribution in [0.3, 0.4) is 0 Å². The molecule has 1 aliphatic heterocycles. The van der Waals surface area contributed by atoms with E-state index < -0.39 is 12.1 Å². The van der Waals surface area contributed by atoms with E-state index >= 15 is 0 Å². The Bertz CT molecular complexity index is 1310. The van der Waals surface area contributed by atoms with Gasteiger partial charge in [-0.3, -0.25) is 14.4 Å². The van der Waals surface area contributed by atoms with Crippen molar-refractivity contribution in [1.29, 1.82) is 0 Å². The molecule has 1 aliphatic rings. The number of rotatable bonds is 4. The number of piperidine rings is 1. The van der Waals surface area contributed by atoms with Gasteiger partial charge in [0.05, 0.1) is 17.7 Å². The van der Waals surface area contributed by atoms with Crippen LogP contribution in [-0.2, 0) is 25.4 Å². The Balaban J connectivity index is 1.39. The van der Waals surface area contributed by atoms with Gasteiger partial charge in [0.25, 0.3) is 0 Å². The molecule has 1 amide bonds. The predicted molar refractivity (Wildman–Crippen MR) is 129 cm³/mol. The number of hydrogen-bond acceptors (Lipinski definition) is 4. The summed E-state index contributed by atoms with van der Waals surface area (Å²) in [6.07, 6.45) is 4.70. The number of likely N-dealkylation sites (tertiary alicyclic amines) is 1.